The third kappa shape index (κ3) is 31.4. The Morgan fingerprint density at radius 2 is 0.559 bits per heavy atom. The number of benzene rings is 2. The van der Waals surface area contributed by atoms with Crippen LogP contribution in [0.3, 0.4) is 0 Å². The van der Waals surface area contributed by atoms with Crippen LogP contribution >= 0.6 is 0 Å². The van der Waals surface area contributed by atoms with Gasteiger partial charge in [-0.2, -0.15) is 0 Å². The second-order valence-electron chi connectivity index (χ2n) is 3.49. The van der Waals surface area contributed by atoms with Crippen LogP contribution in [0.1, 0.15) is 38.8 Å². The molecular formula is C17H23F17. The average Bonchev–Trinajstić information content (AvgIpc) is 3.38. The van der Waals surface area contributed by atoms with Crippen molar-refractivity contribution in [2.45, 2.75) is 34.1 Å². The van der Waals surface area contributed by atoms with Gasteiger partial charge >= 0.3 is 0 Å². The van der Waals surface area contributed by atoms with Crippen molar-refractivity contribution in [3.63, 3.8) is 0 Å². The van der Waals surface area contributed by atoms with Crippen LogP contribution in [-0.4, -0.2) is 0 Å². The minimum absolute atomic E-state index is 0. The van der Waals surface area contributed by atoms with E-state index in [0.717, 1.165) is 6.42 Å². The van der Waals surface area contributed by atoms with Crippen molar-refractivity contribution in [1.82, 2.24) is 0 Å². The van der Waals surface area contributed by atoms with E-state index in [-0.39, 0.29) is 4.70 Å². The number of halogens is 17. The maximum Gasteiger partial charge on any atom is 0 e. The minimum atomic E-state index is 0. The van der Waals surface area contributed by atoms with Crippen LogP contribution < -0.4 is 0 Å². The Kier molecular flexibility index (Phi) is 132. The van der Waals surface area contributed by atoms with Gasteiger partial charge in [-0.15, -0.1) is 0 Å². The zero-order chi connectivity index (χ0) is 28.7. The molecule has 0 aromatic heterocycles. The normalized spacial score (nSPS) is 6.47. The Bertz CT molecular complexity index is 446. The SMILES string of the molecule is CC.CC.F.FF.FF.FF.FF.FF.FF.FF.FF.c1ccc2c(c1)Cc1ccccc1-2. The summed E-state index contributed by atoms with van der Waals surface area (Å²) in [5, 5.41) is 0. The summed E-state index contributed by atoms with van der Waals surface area (Å²) < 4.78 is 128. The number of rotatable bonds is 0. The molecular weight excluding hydrogens is 527 g/mol. The summed E-state index contributed by atoms with van der Waals surface area (Å²) in [6.07, 6.45) is 1.10. The van der Waals surface area contributed by atoms with Gasteiger partial charge in [-0.25, -0.2) is 0 Å². The van der Waals surface area contributed by atoms with Crippen molar-refractivity contribution in [3.05, 3.63) is 59.7 Å². The maximum absolute atomic E-state index is 8.00. The molecule has 3 rings (SSSR count). The highest BCUT2D eigenvalue weighted by molar-refractivity contribution is 5.76. The summed E-state index contributed by atoms with van der Waals surface area (Å²) >= 11 is 0. The van der Waals surface area contributed by atoms with Crippen LogP contribution in [0, 0.1) is 0 Å². The molecule has 0 atom stereocenters. The average molecular weight is 550 g/mol. The van der Waals surface area contributed by atoms with Crippen LogP contribution in [0.25, 0.3) is 11.1 Å². The summed E-state index contributed by atoms with van der Waals surface area (Å²) in [6, 6.07) is 17.3. The van der Waals surface area contributed by atoms with Crippen molar-refractivity contribution in [3.8, 4) is 11.1 Å². The highest BCUT2D eigenvalue weighted by atomic mass is 20.0. The molecule has 0 saturated heterocycles. The molecule has 0 heterocycles. The van der Waals surface area contributed by atoms with E-state index in [4.69, 9.17) is 73.2 Å². The van der Waals surface area contributed by atoms with E-state index in [1.807, 2.05) is 27.7 Å². The molecule has 0 fully saturated rings. The molecule has 0 aliphatic heterocycles. The molecule has 210 valence electrons. The summed E-state index contributed by atoms with van der Waals surface area (Å²) in [7, 11) is 0. The van der Waals surface area contributed by atoms with Gasteiger partial charge < -0.3 is 0 Å². The fraction of sp³-hybridized carbons (Fsp3) is 0.294. The van der Waals surface area contributed by atoms with Crippen molar-refractivity contribution in [1.29, 1.82) is 0 Å². The van der Waals surface area contributed by atoms with Crippen molar-refractivity contribution in [2.75, 3.05) is 0 Å². The largest absolute Gasteiger partial charge is 0.269 e. The first-order valence-corrected chi connectivity index (χ1v) is 7.75. The lowest BCUT2D eigenvalue weighted by Crippen LogP contribution is -1.77. The fourth-order valence-corrected chi connectivity index (χ4v) is 2.08. The third-order valence-electron chi connectivity index (χ3n) is 2.71. The number of hydrogen-bond donors (Lipinski definition) is 0. The Labute approximate surface area is 184 Å². The minimum Gasteiger partial charge on any atom is -0.269 e. The quantitative estimate of drug-likeness (QED) is 0.244. The fourth-order valence-electron chi connectivity index (χ4n) is 2.08. The molecule has 17 heteroatoms. The van der Waals surface area contributed by atoms with Gasteiger partial charge in [0.25, 0.3) is 0 Å². The van der Waals surface area contributed by atoms with Gasteiger partial charge in [0, 0.05) is 73.2 Å². The van der Waals surface area contributed by atoms with E-state index in [1.165, 1.54) is 22.3 Å². The molecule has 1 aliphatic carbocycles. The predicted octanol–water partition coefficient (Wildman–Crippen LogP) is 12.2. The first-order chi connectivity index (χ1) is 16.4. The van der Waals surface area contributed by atoms with E-state index < -0.39 is 0 Å². The van der Waals surface area contributed by atoms with E-state index >= 15 is 0 Å². The lowest BCUT2D eigenvalue weighted by Gasteiger charge is -1.98. The molecule has 34 heavy (non-hydrogen) atoms. The van der Waals surface area contributed by atoms with Crippen molar-refractivity contribution < 1.29 is 77.9 Å². The number of fused-ring (bicyclic) bond motifs is 3. The Balaban J connectivity index is -0.0000000367. The Hall–Kier alpha value is -2.75. The summed E-state index contributed by atoms with van der Waals surface area (Å²) in [6.45, 7) is 8.00. The van der Waals surface area contributed by atoms with Gasteiger partial charge in [0.2, 0.25) is 0 Å². The summed E-state index contributed by atoms with van der Waals surface area (Å²) in [5.41, 5.74) is 5.75. The van der Waals surface area contributed by atoms with E-state index in [1.54, 1.807) is 0 Å². The van der Waals surface area contributed by atoms with Crippen LogP contribution in [0.4, 0.5) is 77.9 Å². The van der Waals surface area contributed by atoms with Gasteiger partial charge in [-0.3, -0.25) is 4.70 Å². The summed E-state index contributed by atoms with van der Waals surface area (Å²) in [4.78, 5) is 0. The first-order valence-electron chi connectivity index (χ1n) is 7.75. The standard InChI is InChI=1S/C13H10.2C2H6.8F2.FH/c1-3-7-12-10(5-1)9-11-6-2-4-8-13(11)12;10*1-2;/h1-8H,9H2;2*1-2H3;;;;;;;;;1H. The van der Waals surface area contributed by atoms with E-state index in [0.29, 0.717) is 0 Å². The smallest absolute Gasteiger partial charge is 0 e. The van der Waals surface area contributed by atoms with Crippen molar-refractivity contribution >= 4 is 0 Å². The molecule has 0 amide bonds. The molecule has 0 N–H and O–H groups in total. The molecule has 2 aromatic rings. The topological polar surface area (TPSA) is 0 Å². The van der Waals surface area contributed by atoms with Gasteiger partial charge in [0.1, 0.15) is 0 Å². The molecule has 2 aromatic carbocycles. The summed E-state index contributed by atoms with van der Waals surface area (Å²) in [5.74, 6) is 0. The van der Waals surface area contributed by atoms with Crippen LogP contribution in [0.2, 0.25) is 0 Å². The van der Waals surface area contributed by atoms with Gasteiger partial charge in [0.05, 0.1) is 0 Å². The predicted molar refractivity (Wildman–Crippen MR) is 97.6 cm³/mol. The molecule has 0 nitrogen and oxygen atoms in total. The highest BCUT2D eigenvalue weighted by Gasteiger charge is 2.15. The Morgan fingerprint density at radius 1 is 0.382 bits per heavy atom. The molecule has 1 aliphatic rings. The van der Waals surface area contributed by atoms with Crippen LogP contribution in [-0.2, 0) is 6.42 Å². The van der Waals surface area contributed by atoms with Crippen LogP contribution in [0.15, 0.2) is 48.5 Å². The van der Waals surface area contributed by atoms with Crippen molar-refractivity contribution in [2.24, 2.45) is 0 Å². The van der Waals surface area contributed by atoms with Gasteiger partial charge in [-0.05, 0) is 28.7 Å². The highest BCUT2D eigenvalue weighted by Crippen LogP contribution is 2.35. The second kappa shape index (κ2) is 77.7. The zero-order valence-electron chi connectivity index (χ0n) is 17.8. The molecule has 0 unspecified atom stereocenters. The lowest BCUT2D eigenvalue weighted by molar-refractivity contribution is 0.108. The van der Waals surface area contributed by atoms with E-state index in [9.17, 15) is 0 Å². The van der Waals surface area contributed by atoms with Gasteiger partial charge in [-0.1, -0.05) is 76.2 Å². The molecule has 0 spiro atoms. The monoisotopic (exact) mass is 550 g/mol. The second-order valence-corrected chi connectivity index (χ2v) is 3.49. The molecule has 0 radical (unpaired) electrons. The maximum atomic E-state index is 8.00. The molecule has 0 saturated carbocycles. The Morgan fingerprint density at radius 3 is 0.765 bits per heavy atom. The lowest BCUT2D eigenvalue weighted by atomic mass is 10.1. The molecule has 0 bridgehead atoms. The third-order valence-corrected chi connectivity index (χ3v) is 2.71. The van der Waals surface area contributed by atoms with Gasteiger partial charge in [0.15, 0.2) is 0 Å². The van der Waals surface area contributed by atoms with Crippen LogP contribution in [0.5, 0.6) is 0 Å². The van der Waals surface area contributed by atoms with E-state index in [2.05, 4.69) is 48.5 Å². The zero-order valence-corrected chi connectivity index (χ0v) is 17.8. The first kappa shape index (κ1) is 57.8. The number of hydrogen-bond acceptors (Lipinski definition) is 0.